The van der Waals surface area contributed by atoms with Crippen LogP contribution >= 0.6 is 0 Å². The predicted octanol–water partition coefficient (Wildman–Crippen LogP) is 4.49. The molecule has 4 aromatic rings. The van der Waals surface area contributed by atoms with E-state index in [4.69, 9.17) is 4.42 Å². The van der Waals surface area contributed by atoms with Crippen molar-refractivity contribution in [1.82, 2.24) is 14.5 Å². The Hall–Kier alpha value is -3.39. The van der Waals surface area contributed by atoms with Crippen molar-refractivity contribution in [2.45, 2.75) is 36.7 Å². The quantitative estimate of drug-likeness (QED) is 0.409. The highest BCUT2D eigenvalue weighted by molar-refractivity contribution is 7.91. The van der Waals surface area contributed by atoms with Crippen molar-refractivity contribution < 1.29 is 12.8 Å². The lowest BCUT2D eigenvalue weighted by Gasteiger charge is -2.07. The molecule has 2 heterocycles. The Balaban J connectivity index is 1.65. The molecule has 0 aliphatic rings. The molecule has 2 aromatic carbocycles. The molecular weight excluding hydrogens is 412 g/mol. The van der Waals surface area contributed by atoms with Crippen LogP contribution < -0.4 is 5.32 Å². The van der Waals surface area contributed by atoms with E-state index >= 15 is 0 Å². The van der Waals surface area contributed by atoms with Crippen molar-refractivity contribution in [2.75, 3.05) is 11.9 Å². The second-order valence-corrected chi connectivity index (χ2v) is 9.29. The number of aromatic nitrogens is 3. The first-order valence-electron chi connectivity index (χ1n) is 10.0. The average molecular weight is 437 g/mol. The van der Waals surface area contributed by atoms with E-state index in [1.165, 1.54) is 0 Å². The van der Waals surface area contributed by atoms with E-state index in [-0.39, 0.29) is 21.7 Å². The fraction of sp³-hybridized carbons (Fsp3) is 0.217. The minimum Gasteiger partial charge on any atom is -0.419 e. The molecule has 31 heavy (non-hydrogen) atoms. The van der Waals surface area contributed by atoms with E-state index in [1.807, 2.05) is 48.9 Å². The van der Waals surface area contributed by atoms with E-state index < -0.39 is 9.84 Å². The lowest BCUT2D eigenvalue weighted by molar-refractivity contribution is 0.571. The van der Waals surface area contributed by atoms with E-state index in [2.05, 4.69) is 15.3 Å². The van der Waals surface area contributed by atoms with Gasteiger partial charge in [-0.2, -0.15) is 4.98 Å². The number of oxazole rings is 1. The van der Waals surface area contributed by atoms with Gasteiger partial charge >= 0.3 is 0 Å². The zero-order chi connectivity index (χ0) is 21.8. The van der Waals surface area contributed by atoms with Crippen molar-refractivity contribution in [3.05, 3.63) is 78.4 Å². The molecule has 8 heteroatoms. The third kappa shape index (κ3) is 4.69. The number of benzene rings is 2. The maximum Gasteiger partial charge on any atom is 0.233 e. The molecule has 0 spiro atoms. The summed E-state index contributed by atoms with van der Waals surface area (Å²) in [6.45, 7) is 5.16. The predicted molar refractivity (Wildman–Crippen MR) is 119 cm³/mol. The van der Waals surface area contributed by atoms with Crippen molar-refractivity contribution in [3.63, 3.8) is 0 Å². The van der Waals surface area contributed by atoms with Crippen LogP contribution in [0.4, 0.5) is 5.88 Å². The normalized spacial score (nSPS) is 11.5. The number of sulfone groups is 1. The zero-order valence-electron chi connectivity index (χ0n) is 17.4. The van der Waals surface area contributed by atoms with Crippen LogP contribution in [0, 0.1) is 13.8 Å². The van der Waals surface area contributed by atoms with E-state index in [0.29, 0.717) is 6.54 Å². The Morgan fingerprint density at radius 2 is 1.87 bits per heavy atom. The number of aryl methyl sites for hydroxylation is 3. The van der Waals surface area contributed by atoms with E-state index in [0.717, 1.165) is 29.7 Å². The van der Waals surface area contributed by atoms with Gasteiger partial charge in [0.05, 0.1) is 11.2 Å². The molecule has 0 amide bonds. The summed E-state index contributed by atoms with van der Waals surface area (Å²) in [6, 6.07) is 14.3. The number of imidazole rings is 1. The molecule has 0 bridgehead atoms. The molecule has 0 radical (unpaired) electrons. The van der Waals surface area contributed by atoms with Gasteiger partial charge in [-0.1, -0.05) is 35.4 Å². The summed E-state index contributed by atoms with van der Waals surface area (Å²) < 4.78 is 34.5. The van der Waals surface area contributed by atoms with Crippen LogP contribution in [0.5, 0.6) is 0 Å². The number of nitrogens with one attached hydrogen (secondary N) is 1. The van der Waals surface area contributed by atoms with Crippen LogP contribution in [0.2, 0.25) is 0 Å². The first-order valence-corrected chi connectivity index (χ1v) is 11.5. The number of anilines is 1. The van der Waals surface area contributed by atoms with Gasteiger partial charge in [0.25, 0.3) is 0 Å². The molecule has 0 unspecified atom stereocenters. The third-order valence-corrected chi connectivity index (χ3v) is 6.56. The van der Waals surface area contributed by atoms with Gasteiger partial charge in [0.15, 0.2) is 0 Å². The number of rotatable bonds is 8. The SMILES string of the molecule is Cc1ccc(S(=O)(=O)c2nc(-c3cccc(C)c3)oc2NCCCn2ccnc2)cc1. The van der Waals surface area contributed by atoms with Gasteiger partial charge in [-0.3, -0.25) is 0 Å². The summed E-state index contributed by atoms with van der Waals surface area (Å²) in [7, 11) is -3.85. The van der Waals surface area contributed by atoms with Crippen molar-refractivity contribution in [2.24, 2.45) is 0 Å². The lowest BCUT2D eigenvalue weighted by Crippen LogP contribution is -2.10. The van der Waals surface area contributed by atoms with Crippen LogP contribution in [-0.4, -0.2) is 29.5 Å². The largest absolute Gasteiger partial charge is 0.419 e. The van der Waals surface area contributed by atoms with E-state index in [9.17, 15) is 8.42 Å². The average Bonchev–Trinajstić information content (AvgIpc) is 3.42. The van der Waals surface area contributed by atoms with Crippen LogP contribution in [0.3, 0.4) is 0 Å². The van der Waals surface area contributed by atoms with Gasteiger partial charge in [0.2, 0.25) is 26.6 Å². The molecular formula is C23H24N4O3S. The topological polar surface area (TPSA) is 90.0 Å². The molecule has 0 atom stereocenters. The van der Waals surface area contributed by atoms with Crippen LogP contribution in [-0.2, 0) is 16.4 Å². The molecule has 7 nitrogen and oxygen atoms in total. The number of hydrogen-bond donors (Lipinski definition) is 1. The first-order chi connectivity index (χ1) is 14.9. The lowest BCUT2D eigenvalue weighted by atomic mass is 10.1. The molecule has 0 saturated heterocycles. The molecule has 0 aliphatic carbocycles. The summed E-state index contributed by atoms with van der Waals surface area (Å²) in [5.74, 6) is 0.425. The fourth-order valence-corrected chi connectivity index (χ4v) is 4.49. The maximum absolute atomic E-state index is 13.3. The van der Waals surface area contributed by atoms with Gasteiger partial charge in [-0.15, -0.1) is 0 Å². The third-order valence-electron chi connectivity index (χ3n) is 4.88. The molecule has 0 aliphatic heterocycles. The summed E-state index contributed by atoms with van der Waals surface area (Å²) in [6.07, 6.45) is 6.13. The summed E-state index contributed by atoms with van der Waals surface area (Å²) in [4.78, 5) is 8.60. The van der Waals surface area contributed by atoms with Gasteiger partial charge in [0, 0.05) is 31.0 Å². The second-order valence-electron chi connectivity index (χ2n) is 7.42. The molecule has 2 aromatic heterocycles. The Morgan fingerprint density at radius 3 is 2.58 bits per heavy atom. The van der Waals surface area contributed by atoms with Crippen LogP contribution in [0.1, 0.15) is 17.5 Å². The Bertz CT molecular complexity index is 1260. The standard InChI is InChI=1S/C23H24N4O3S/c1-17-7-9-20(10-8-17)31(28,29)23-22(25-11-4-13-27-14-12-24-16-27)30-21(26-23)19-6-3-5-18(2)15-19/h3,5-10,12,14-16,25H,4,11,13H2,1-2H3. The second kappa shape index (κ2) is 8.77. The smallest absolute Gasteiger partial charge is 0.233 e. The van der Waals surface area contributed by atoms with Gasteiger partial charge in [-0.05, 0) is 44.5 Å². The monoisotopic (exact) mass is 436 g/mol. The molecule has 4 rings (SSSR count). The fourth-order valence-electron chi connectivity index (χ4n) is 3.21. The molecule has 0 fully saturated rings. The Morgan fingerprint density at radius 1 is 1.06 bits per heavy atom. The van der Waals surface area contributed by atoms with Crippen molar-refractivity contribution >= 4 is 15.7 Å². The first kappa shape index (κ1) is 20.9. The van der Waals surface area contributed by atoms with Crippen LogP contribution in [0.15, 0.2) is 81.6 Å². The highest BCUT2D eigenvalue weighted by Crippen LogP contribution is 2.32. The Kier molecular flexibility index (Phi) is 5.90. The van der Waals surface area contributed by atoms with Crippen molar-refractivity contribution in [3.8, 4) is 11.5 Å². The van der Waals surface area contributed by atoms with Crippen molar-refractivity contribution in [1.29, 1.82) is 0 Å². The van der Waals surface area contributed by atoms with Crippen LogP contribution in [0.25, 0.3) is 11.5 Å². The summed E-state index contributed by atoms with van der Waals surface area (Å²) in [5, 5.41) is 3.02. The molecule has 1 N–H and O–H groups in total. The van der Waals surface area contributed by atoms with Gasteiger partial charge < -0.3 is 14.3 Å². The molecule has 160 valence electrons. The van der Waals surface area contributed by atoms with E-state index in [1.54, 1.807) is 36.8 Å². The zero-order valence-corrected chi connectivity index (χ0v) is 18.3. The minimum atomic E-state index is -3.85. The minimum absolute atomic E-state index is 0.101. The number of nitrogens with zero attached hydrogens (tertiary/aromatic N) is 3. The van der Waals surface area contributed by atoms with Gasteiger partial charge in [0.1, 0.15) is 0 Å². The number of hydrogen-bond acceptors (Lipinski definition) is 6. The highest BCUT2D eigenvalue weighted by atomic mass is 32.2. The summed E-state index contributed by atoms with van der Waals surface area (Å²) >= 11 is 0. The molecule has 0 saturated carbocycles. The maximum atomic E-state index is 13.3. The van der Waals surface area contributed by atoms with Gasteiger partial charge in [-0.25, -0.2) is 13.4 Å². The summed E-state index contributed by atoms with van der Waals surface area (Å²) in [5.41, 5.74) is 2.75. The Labute approximate surface area is 181 Å². The highest BCUT2D eigenvalue weighted by Gasteiger charge is 2.28.